The topological polar surface area (TPSA) is 106 Å². The lowest BCUT2D eigenvalue weighted by Gasteiger charge is -2.23. The summed E-state index contributed by atoms with van der Waals surface area (Å²) in [7, 11) is 1.55. The molecule has 224 valence electrons. The number of hydrogen-bond acceptors (Lipinski definition) is 8. The fraction of sp³-hybridized carbons (Fsp3) is 0.355. The summed E-state index contributed by atoms with van der Waals surface area (Å²) in [6.07, 6.45) is 1.41. The van der Waals surface area contributed by atoms with Crippen LogP contribution in [0, 0.1) is 11.6 Å². The Morgan fingerprint density at radius 3 is 2.60 bits per heavy atom. The van der Waals surface area contributed by atoms with Crippen LogP contribution < -0.4 is 9.46 Å². The Balaban J connectivity index is 1.69. The zero-order valence-corrected chi connectivity index (χ0v) is 25.0. The van der Waals surface area contributed by atoms with Crippen molar-refractivity contribution >= 4 is 28.3 Å². The predicted octanol–water partition coefficient (Wildman–Crippen LogP) is 6.16. The molecule has 0 aliphatic carbocycles. The highest BCUT2D eigenvalue weighted by Gasteiger charge is 2.27. The van der Waals surface area contributed by atoms with Crippen LogP contribution in [0.15, 0.2) is 53.1 Å². The molecule has 1 atom stereocenters. The molecular formula is C31H34F2N2O6S. The van der Waals surface area contributed by atoms with Crippen LogP contribution in [0.2, 0.25) is 0 Å². The highest BCUT2D eigenvalue weighted by Crippen LogP contribution is 2.35. The number of furan rings is 1. The summed E-state index contributed by atoms with van der Waals surface area (Å²) in [4.78, 5) is 16.2. The molecular weight excluding hydrogens is 566 g/mol. The first-order chi connectivity index (χ1) is 20.0. The Morgan fingerprint density at radius 2 is 1.88 bits per heavy atom. The van der Waals surface area contributed by atoms with Crippen LogP contribution in [0.4, 0.5) is 8.78 Å². The minimum Gasteiger partial charge on any atom is -0.598 e. The van der Waals surface area contributed by atoms with E-state index in [0.29, 0.717) is 33.4 Å². The maximum absolute atomic E-state index is 15.9. The summed E-state index contributed by atoms with van der Waals surface area (Å²) < 4.78 is 67.0. The molecule has 0 spiro atoms. The lowest BCUT2D eigenvalue weighted by molar-refractivity contribution is -0.142. The van der Waals surface area contributed by atoms with E-state index in [1.165, 1.54) is 24.4 Å². The maximum Gasteiger partial charge on any atom is 0.310 e. The van der Waals surface area contributed by atoms with Crippen LogP contribution in [0.1, 0.15) is 50.3 Å². The van der Waals surface area contributed by atoms with Gasteiger partial charge in [0.2, 0.25) is 0 Å². The van der Waals surface area contributed by atoms with Crippen molar-refractivity contribution in [3.63, 3.8) is 0 Å². The molecule has 8 nitrogen and oxygen atoms in total. The molecule has 0 fully saturated rings. The third-order valence-corrected chi connectivity index (χ3v) is 7.77. The molecule has 0 aliphatic rings. The number of rotatable bonds is 12. The summed E-state index contributed by atoms with van der Waals surface area (Å²) in [6.45, 7) is 7.57. The van der Waals surface area contributed by atoms with Gasteiger partial charge in [0, 0.05) is 52.8 Å². The number of halogens is 2. The molecule has 2 aromatic heterocycles. The van der Waals surface area contributed by atoms with E-state index >= 15 is 4.39 Å². The smallest absolute Gasteiger partial charge is 0.310 e. The van der Waals surface area contributed by atoms with Crippen LogP contribution in [0.25, 0.3) is 22.1 Å². The molecule has 0 saturated carbocycles. The number of nitrogens with zero attached hydrogens (tertiary/aromatic N) is 1. The van der Waals surface area contributed by atoms with E-state index in [0.717, 1.165) is 0 Å². The first-order valence-corrected chi connectivity index (χ1v) is 14.5. The second kappa shape index (κ2) is 13.6. The van der Waals surface area contributed by atoms with Crippen LogP contribution in [0.3, 0.4) is 0 Å². The molecule has 4 rings (SSSR count). The molecule has 4 aromatic rings. The molecule has 42 heavy (non-hydrogen) atoms. The van der Waals surface area contributed by atoms with Crippen LogP contribution in [-0.2, 0) is 51.8 Å². The Hall–Kier alpha value is -3.51. The van der Waals surface area contributed by atoms with Gasteiger partial charge in [-0.3, -0.25) is 9.78 Å². The van der Waals surface area contributed by atoms with Gasteiger partial charge in [-0.25, -0.2) is 8.78 Å². The highest BCUT2D eigenvalue weighted by molar-refractivity contribution is 7.90. The Bertz CT molecular complexity index is 1550. The van der Waals surface area contributed by atoms with Gasteiger partial charge in [-0.05, 0) is 63.6 Å². The van der Waals surface area contributed by atoms with Gasteiger partial charge < -0.3 is 23.2 Å². The summed E-state index contributed by atoms with van der Waals surface area (Å²) in [5.41, 5.74) is 2.37. The average molecular weight is 601 g/mol. The van der Waals surface area contributed by atoms with Crippen molar-refractivity contribution in [1.82, 2.24) is 9.71 Å². The van der Waals surface area contributed by atoms with E-state index in [1.54, 1.807) is 32.2 Å². The summed E-state index contributed by atoms with van der Waals surface area (Å²) in [5.74, 6) is -0.800. The number of hydrogen-bond donors (Lipinski definition) is 1. The van der Waals surface area contributed by atoms with Gasteiger partial charge in [0.25, 0.3) is 0 Å². The first kappa shape index (κ1) is 31.4. The summed E-state index contributed by atoms with van der Waals surface area (Å²) in [5, 5.41) is 0.689. The highest BCUT2D eigenvalue weighted by atomic mass is 32.2. The zero-order valence-electron chi connectivity index (χ0n) is 24.2. The molecule has 2 aromatic carbocycles. The fourth-order valence-corrected chi connectivity index (χ4v) is 4.97. The van der Waals surface area contributed by atoms with E-state index in [1.807, 2.05) is 26.8 Å². The monoisotopic (exact) mass is 600 g/mol. The minimum absolute atomic E-state index is 0.00130. The number of esters is 1. The number of nitrogens with one attached hydrogen (secondary N) is 1. The van der Waals surface area contributed by atoms with E-state index < -0.39 is 33.7 Å². The number of carbonyl (C=O) groups is 1. The van der Waals surface area contributed by atoms with Crippen molar-refractivity contribution in [3.05, 3.63) is 82.9 Å². The predicted molar refractivity (Wildman–Crippen MR) is 156 cm³/mol. The molecule has 0 aliphatic heterocycles. The first-order valence-electron chi connectivity index (χ1n) is 13.4. The third-order valence-electron chi connectivity index (χ3n) is 6.26. The van der Waals surface area contributed by atoms with Crippen molar-refractivity contribution < 1.29 is 36.8 Å². The van der Waals surface area contributed by atoms with E-state index in [9.17, 15) is 13.7 Å². The summed E-state index contributed by atoms with van der Waals surface area (Å²) in [6, 6.07) is 10.9. The minimum atomic E-state index is -1.41. The number of pyridine rings is 1. The van der Waals surface area contributed by atoms with Gasteiger partial charge in [-0.2, -0.15) is 0 Å². The van der Waals surface area contributed by atoms with Gasteiger partial charge >= 0.3 is 5.97 Å². The maximum atomic E-state index is 15.9. The Kier molecular flexibility index (Phi) is 10.2. The van der Waals surface area contributed by atoms with Crippen molar-refractivity contribution in [3.8, 4) is 16.9 Å². The molecule has 1 N–H and O–H groups in total. The SMILES string of the molecule is CCOC(=O)Cc1ccc(F)cc1OCc1cc(-c2ccnc(CN[S+]([O-])C(C)(C)C)c2F)c2oc(COC)cc2c1. The van der Waals surface area contributed by atoms with Gasteiger partial charge in [0.15, 0.2) is 5.82 Å². The van der Waals surface area contributed by atoms with Crippen molar-refractivity contribution in [2.75, 3.05) is 13.7 Å². The quantitative estimate of drug-likeness (QED) is 0.152. The fourth-order valence-electron chi connectivity index (χ4n) is 4.27. The van der Waals surface area contributed by atoms with Crippen LogP contribution in [-0.4, -0.2) is 34.0 Å². The van der Waals surface area contributed by atoms with Crippen molar-refractivity contribution in [1.29, 1.82) is 0 Å². The van der Waals surface area contributed by atoms with E-state index in [4.69, 9.17) is 18.6 Å². The number of fused-ring (bicyclic) bond motifs is 1. The van der Waals surface area contributed by atoms with E-state index in [2.05, 4.69) is 9.71 Å². The average Bonchev–Trinajstić information content (AvgIpc) is 3.34. The lowest BCUT2D eigenvalue weighted by atomic mass is 10.00. The molecule has 1 unspecified atom stereocenters. The largest absolute Gasteiger partial charge is 0.598 e. The van der Waals surface area contributed by atoms with E-state index in [-0.39, 0.29) is 49.8 Å². The molecule has 0 saturated heterocycles. The van der Waals surface area contributed by atoms with Gasteiger partial charge in [-0.15, -0.1) is 4.72 Å². The van der Waals surface area contributed by atoms with Gasteiger partial charge in [0.05, 0.1) is 25.3 Å². The standard InChI is InChI=1S/C31H34F2N2O6S/c1-6-39-28(36)14-20-7-8-22(32)15-27(20)40-17-19-11-21-13-23(18-38-5)41-30(21)25(12-19)24-9-10-34-26(29(24)33)16-35-42(37)31(2,3)4/h7-13,15,35H,6,14,16-18H2,1-5H3. The second-order valence-electron chi connectivity index (χ2n) is 10.6. The number of ether oxygens (including phenoxy) is 3. The molecule has 2 heterocycles. The van der Waals surface area contributed by atoms with Gasteiger partial charge in [0.1, 0.15) is 40.9 Å². The second-order valence-corrected chi connectivity index (χ2v) is 12.6. The normalized spacial score (nSPS) is 12.5. The number of benzene rings is 2. The van der Waals surface area contributed by atoms with Crippen molar-refractivity contribution in [2.45, 2.75) is 58.6 Å². The van der Waals surface area contributed by atoms with Crippen LogP contribution >= 0.6 is 0 Å². The molecule has 11 heteroatoms. The third kappa shape index (κ3) is 7.65. The molecule has 0 bridgehead atoms. The zero-order chi connectivity index (χ0) is 30.4. The number of aromatic nitrogens is 1. The molecule has 0 radical (unpaired) electrons. The number of carbonyl (C=O) groups excluding carboxylic acids is 1. The Morgan fingerprint density at radius 1 is 1.10 bits per heavy atom. The van der Waals surface area contributed by atoms with Crippen LogP contribution in [0.5, 0.6) is 5.75 Å². The Labute approximate surface area is 246 Å². The molecule has 0 amide bonds. The van der Waals surface area contributed by atoms with Gasteiger partial charge in [-0.1, -0.05) is 6.07 Å². The lowest BCUT2D eigenvalue weighted by Crippen LogP contribution is -2.39. The summed E-state index contributed by atoms with van der Waals surface area (Å²) >= 11 is -1.41. The number of methoxy groups -OCH3 is 1. The van der Waals surface area contributed by atoms with Crippen molar-refractivity contribution in [2.24, 2.45) is 0 Å².